The fraction of sp³-hybridized carbons (Fsp3) is 1.00. The van der Waals surface area contributed by atoms with Gasteiger partial charge in [0.05, 0.1) is 0 Å². The fourth-order valence-corrected chi connectivity index (χ4v) is 3.35. The van der Waals surface area contributed by atoms with Gasteiger partial charge in [0.25, 0.3) is 0 Å². The maximum absolute atomic E-state index is 6.39. The highest BCUT2D eigenvalue weighted by atomic mass is 15.2. The molecule has 2 nitrogen and oxygen atoms in total. The molecule has 0 aromatic heterocycles. The highest BCUT2D eigenvalue weighted by Crippen LogP contribution is 2.37. The van der Waals surface area contributed by atoms with Gasteiger partial charge >= 0.3 is 0 Å². The summed E-state index contributed by atoms with van der Waals surface area (Å²) in [6.07, 6.45) is 6.32. The van der Waals surface area contributed by atoms with E-state index in [4.69, 9.17) is 5.73 Å². The molecule has 0 aromatic carbocycles. The average molecular weight is 254 g/mol. The van der Waals surface area contributed by atoms with E-state index in [1.165, 1.54) is 38.6 Å². The third-order valence-electron chi connectivity index (χ3n) is 4.93. The number of rotatable bonds is 6. The van der Waals surface area contributed by atoms with Gasteiger partial charge in [-0.3, -0.25) is 4.90 Å². The predicted octanol–water partition coefficient (Wildman–Crippen LogP) is 3.65. The summed E-state index contributed by atoms with van der Waals surface area (Å²) in [7, 11) is 0. The topological polar surface area (TPSA) is 29.3 Å². The van der Waals surface area contributed by atoms with E-state index in [1.807, 2.05) is 0 Å². The van der Waals surface area contributed by atoms with Crippen LogP contribution >= 0.6 is 0 Å². The molecule has 2 unspecified atom stereocenters. The fourth-order valence-electron chi connectivity index (χ4n) is 3.35. The summed E-state index contributed by atoms with van der Waals surface area (Å²) in [6.45, 7) is 14.1. The van der Waals surface area contributed by atoms with Crippen molar-refractivity contribution >= 4 is 0 Å². The SMILES string of the molecule is CCC(CC)CN(CC)C1CC(C)(C)CCC1N. The molecule has 1 aliphatic rings. The minimum absolute atomic E-state index is 0.382. The summed E-state index contributed by atoms with van der Waals surface area (Å²) in [4.78, 5) is 2.66. The first-order valence-corrected chi connectivity index (χ1v) is 7.93. The van der Waals surface area contributed by atoms with Crippen LogP contribution in [0, 0.1) is 11.3 Å². The maximum atomic E-state index is 6.39. The van der Waals surface area contributed by atoms with Crippen LogP contribution in [0.3, 0.4) is 0 Å². The Morgan fingerprint density at radius 3 is 2.33 bits per heavy atom. The molecule has 18 heavy (non-hydrogen) atoms. The van der Waals surface area contributed by atoms with Crippen molar-refractivity contribution in [2.45, 2.75) is 78.8 Å². The molecule has 0 aromatic rings. The Hall–Kier alpha value is -0.0800. The van der Waals surface area contributed by atoms with Gasteiger partial charge in [-0.05, 0) is 37.1 Å². The van der Waals surface area contributed by atoms with E-state index in [2.05, 4.69) is 39.5 Å². The van der Waals surface area contributed by atoms with Crippen molar-refractivity contribution in [3.05, 3.63) is 0 Å². The number of nitrogens with zero attached hydrogens (tertiary/aromatic N) is 1. The molecular weight excluding hydrogens is 220 g/mol. The van der Waals surface area contributed by atoms with Crippen LogP contribution in [-0.4, -0.2) is 30.1 Å². The van der Waals surface area contributed by atoms with E-state index in [1.54, 1.807) is 0 Å². The third kappa shape index (κ3) is 4.24. The Balaban J connectivity index is 2.67. The molecule has 2 N–H and O–H groups in total. The summed E-state index contributed by atoms with van der Waals surface area (Å²) in [5.41, 5.74) is 6.87. The molecule has 1 fully saturated rings. The summed E-state index contributed by atoms with van der Waals surface area (Å²) < 4.78 is 0. The Morgan fingerprint density at radius 1 is 1.22 bits per heavy atom. The number of likely N-dealkylation sites (N-methyl/N-ethyl adjacent to an activating group) is 1. The van der Waals surface area contributed by atoms with Gasteiger partial charge < -0.3 is 5.73 Å². The average Bonchev–Trinajstić information content (AvgIpc) is 2.34. The molecule has 1 aliphatic carbocycles. The van der Waals surface area contributed by atoms with Crippen LogP contribution in [0.25, 0.3) is 0 Å². The monoisotopic (exact) mass is 254 g/mol. The van der Waals surface area contributed by atoms with E-state index < -0.39 is 0 Å². The Labute approximate surface area is 114 Å². The molecule has 0 heterocycles. The Morgan fingerprint density at radius 2 is 1.83 bits per heavy atom. The second-order valence-electron chi connectivity index (χ2n) is 6.91. The summed E-state index contributed by atoms with van der Waals surface area (Å²) in [6, 6.07) is 0.978. The van der Waals surface area contributed by atoms with E-state index in [-0.39, 0.29) is 0 Å². The van der Waals surface area contributed by atoms with Crippen LogP contribution in [-0.2, 0) is 0 Å². The van der Waals surface area contributed by atoms with Gasteiger partial charge in [-0.1, -0.05) is 47.5 Å². The zero-order valence-corrected chi connectivity index (χ0v) is 13.2. The summed E-state index contributed by atoms with van der Waals surface area (Å²) >= 11 is 0. The molecule has 1 saturated carbocycles. The summed E-state index contributed by atoms with van der Waals surface area (Å²) in [5, 5.41) is 0. The molecule has 1 rings (SSSR count). The lowest BCUT2D eigenvalue weighted by Crippen LogP contribution is -2.53. The van der Waals surface area contributed by atoms with Crippen molar-refractivity contribution in [1.82, 2.24) is 4.90 Å². The molecule has 108 valence electrons. The summed E-state index contributed by atoms with van der Waals surface area (Å²) in [5.74, 6) is 0.835. The van der Waals surface area contributed by atoms with Crippen LogP contribution in [0.15, 0.2) is 0 Å². The first-order valence-electron chi connectivity index (χ1n) is 7.93. The highest BCUT2D eigenvalue weighted by molar-refractivity contribution is 4.93. The zero-order valence-electron chi connectivity index (χ0n) is 13.2. The highest BCUT2D eigenvalue weighted by Gasteiger charge is 2.36. The molecular formula is C16H34N2. The van der Waals surface area contributed by atoms with Gasteiger partial charge in [0.1, 0.15) is 0 Å². The van der Waals surface area contributed by atoms with Crippen molar-refractivity contribution in [2.75, 3.05) is 13.1 Å². The van der Waals surface area contributed by atoms with Crippen LogP contribution < -0.4 is 5.73 Å². The lowest BCUT2D eigenvalue weighted by atomic mass is 9.72. The van der Waals surface area contributed by atoms with Gasteiger partial charge in [0.15, 0.2) is 0 Å². The van der Waals surface area contributed by atoms with E-state index in [9.17, 15) is 0 Å². The maximum Gasteiger partial charge on any atom is 0.0252 e. The number of hydrogen-bond acceptors (Lipinski definition) is 2. The van der Waals surface area contributed by atoms with E-state index >= 15 is 0 Å². The van der Waals surface area contributed by atoms with Crippen molar-refractivity contribution in [1.29, 1.82) is 0 Å². The first-order chi connectivity index (χ1) is 8.43. The largest absolute Gasteiger partial charge is 0.326 e. The second kappa shape index (κ2) is 6.91. The van der Waals surface area contributed by atoms with Gasteiger partial charge in [-0.25, -0.2) is 0 Å². The lowest BCUT2D eigenvalue weighted by Gasteiger charge is -2.45. The molecule has 0 spiro atoms. The zero-order chi connectivity index (χ0) is 13.8. The second-order valence-corrected chi connectivity index (χ2v) is 6.91. The van der Waals surface area contributed by atoms with Crippen LogP contribution in [0.2, 0.25) is 0 Å². The minimum atomic E-state index is 0.382. The Bertz CT molecular complexity index is 233. The van der Waals surface area contributed by atoms with Gasteiger partial charge in [0, 0.05) is 18.6 Å². The molecule has 0 aliphatic heterocycles. The molecule has 0 saturated heterocycles. The van der Waals surface area contributed by atoms with Gasteiger partial charge in [-0.15, -0.1) is 0 Å². The van der Waals surface area contributed by atoms with Gasteiger partial charge in [0.2, 0.25) is 0 Å². The first kappa shape index (κ1) is 16.0. The van der Waals surface area contributed by atoms with Crippen molar-refractivity contribution in [3.8, 4) is 0 Å². The van der Waals surface area contributed by atoms with Crippen molar-refractivity contribution in [3.63, 3.8) is 0 Å². The molecule has 0 bridgehead atoms. The predicted molar refractivity (Wildman–Crippen MR) is 80.7 cm³/mol. The standard InChI is InChI=1S/C16H34N2/c1-6-13(7-2)12-18(8-3)15-11-16(4,5)10-9-14(15)17/h13-15H,6-12,17H2,1-5H3. The normalized spacial score (nSPS) is 28.0. The van der Waals surface area contributed by atoms with E-state index in [0.29, 0.717) is 17.5 Å². The molecule has 2 atom stereocenters. The van der Waals surface area contributed by atoms with E-state index in [0.717, 1.165) is 12.5 Å². The smallest absolute Gasteiger partial charge is 0.0252 e. The molecule has 0 radical (unpaired) electrons. The number of hydrogen-bond donors (Lipinski definition) is 1. The number of nitrogens with two attached hydrogens (primary N) is 1. The molecule has 0 amide bonds. The van der Waals surface area contributed by atoms with Crippen molar-refractivity contribution < 1.29 is 0 Å². The van der Waals surface area contributed by atoms with Crippen molar-refractivity contribution in [2.24, 2.45) is 17.1 Å². The molecule has 2 heteroatoms. The third-order valence-corrected chi connectivity index (χ3v) is 4.93. The van der Waals surface area contributed by atoms with Gasteiger partial charge in [-0.2, -0.15) is 0 Å². The Kier molecular flexibility index (Phi) is 6.13. The quantitative estimate of drug-likeness (QED) is 0.784. The van der Waals surface area contributed by atoms with Crippen LogP contribution in [0.4, 0.5) is 0 Å². The van der Waals surface area contributed by atoms with Crippen LogP contribution in [0.1, 0.15) is 66.7 Å². The minimum Gasteiger partial charge on any atom is -0.326 e. The van der Waals surface area contributed by atoms with Crippen LogP contribution in [0.5, 0.6) is 0 Å². The lowest BCUT2D eigenvalue weighted by molar-refractivity contribution is 0.0686.